The summed E-state index contributed by atoms with van der Waals surface area (Å²) in [4.78, 5) is 16.0. The molecule has 0 radical (unpaired) electrons. The van der Waals surface area contributed by atoms with Crippen molar-refractivity contribution in [2.24, 2.45) is 5.73 Å². The van der Waals surface area contributed by atoms with E-state index in [1.807, 2.05) is 36.4 Å². The number of amides is 1. The first kappa shape index (κ1) is 16.8. The van der Waals surface area contributed by atoms with Gasteiger partial charge in [0.2, 0.25) is 5.91 Å². The van der Waals surface area contributed by atoms with Crippen LogP contribution in [-0.4, -0.2) is 31.0 Å². The monoisotopic (exact) mass is 337 g/mol. The number of primary amides is 1. The number of nitrogens with zero attached hydrogens (tertiary/aromatic N) is 4. The Morgan fingerprint density at radius 2 is 1.88 bits per heavy atom. The Morgan fingerprint density at radius 3 is 2.56 bits per heavy atom. The maximum absolute atomic E-state index is 11.8. The average molecular weight is 337 g/mol. The summed E-state index contributed by atoms with van der Waals surface area (Å²) in [6.07, 6.45) is 3.17. The fraction of sp³-hybridized carbons (Fsp3) is 0.222. The number of carbonyl (C=O) groups is 1. The molecule has 1 amide bonds. The van der Waals surface area contributed by atoms with Gasteiger partial charge < -0.3 is 10.8 Å². The molecule has 2 atom stereocenters. The number of hydrogen-bond acceptors (Lipinski definition) is 5. The summed E-state index contributed by atoms with van der Waals surface area (Å²) in [6, 6.07) is 14.3. The molecule has 7 nitrogen and oxygen atoms in total. The zero-order chi connectivity index (χ0) is 17.6. The van der Waals surface area contributed by atoms with Gasteiger partial charge in [-0.2, -0.15) is 0 Å². The van der Waals surface area contributed by atoms with Gasteiger partial charge in [-0.3, -0.25) is 9.78 Å². The summed E-state index contributed by atoms with van der Waals surface area (Å²) in [7, 11) is 0. The van der Waals surface area contributed by atoms with E-state index < -0.39 is 18.1 Å². The maximum Gasteiger partial charge on any atom is 0.242 e. The van der Waals surface area contributed by atoms with Crippen LogP contribution < -0.4 is 5.73 Å². The summed E-state index contributed by atoms with van der Waals surface area (Å²) >= 11 is 0. The van der Waals surface area contributed by atoms with E-state index in [9.17, 15) is 9.90 Å². The fourth-order valence-electron chi connectivity index (χ4n) is 2.60. The van der Waals surface area contributed by atoms with Gasteiger partial charge in [0, 0.05) is 25.2 Å². The summed E-state index contributed by atoms with van der Waals surface area (Å²) in [5.74, 6) is -0.481. The second-order valence-electron chi connectivity index (χ2n) is 5.77. The highest BCUT2D eigenvalue weighted by atomic mass is 16.3. The van der Waals surface area contributed by atoms with Crippen molar-refractivity contribution in [2.75, 3.05) is 0 Å². The van der Waals surface area contributed by atoms with Crippen molar-refractivity contribution in [3.63, 3.8) is 0 Å². The minimum Gasteiger partial charge on any atom is -0.386 e. The highest BCUT2D eigenvalue weighted by molar-refractivity contribution is 5.78. The van der Waals surface area contributed by atoms with Gasteiger partial charge in [0.25, 0.3) is 0 Å². The first-order valence-corrected chi connectivity index (χ1v) is 7.96. The van der Waals surface area contributed by atoms with Crippen molar-refractivity contribution in [1.29, 1.82) is 0 Å². The molecule has 3 aromatic rings. The van der Waals surface area contributed by atoms with Crippen LogP contribution in [0.2, 0.25) is 0 Å². The Bertz CT molecular complexity index is 820. The second-order valence-corrected chi connectivity index (χ2v) is 5.77. The zero-order valence-electron chi connectivity index (χ0n) is 13.6. The first-order valence-electron chi connectivity index (χ1n) is 7.96. The zero-order valence-corrected chi connectivity index (χ0v) is 13.6. The number of aliphatic hydroxyl groups is 1. The molecule has 0 aliphatic carbocycles. The van der Waals surface area contributed by atoms with E-state index in [-0.39, 0.29) is 6.42 Å². The first-order chi connectivity index (χ1) is 12.1. The molecular weight excluding hydrogens is 318 g/mol. The van der Waals surface area contributed by atoms with Gasteiger partial charge in [-0.1, -0.05) is 41.6 Å². The number of aliphatic hydroxyl groups excluding tert-OH is 1. The Labute approximate surface area is 145 Å². The van der Waals surface area contributed by atoms with Gasteiger partial charge in [-0.05, 0) is 17.7 Å². The summed E-state index contributed by atoms with van der Waals surface area (Å²) in [5, 5.41) is 18.3. The molecule has 2 aromatic heterocycles. The number of benzene rings is 1. The van der Waals surface area contributed by atoms with Gasteiger partial charge in [-0.25, -0.2) is 4.68 Å². The van der Waals surface area contributed by atoms with Crippen LogP contribution in [0.3, 0.4) is 0 Å². The standard InChI is InChI=1S/C18H19N5O2/c19-18(25)16(10-13-6-2-1-3-7-13)23-12-14(21-22-23)11-17(24)15-8-4-5-9-20-15/h1-9,12,16-17,24H,10-11H2,(H2,19,25). The summed E-state index contributed by atoms with van der Waals surface area (Å²) in [5.41, 5.74) is 7.64. The highest BCUT2D eigenvalue weighted by Crippen LogP contribution is 2.17. The minimum absolute atomic E-state index is 0.258. The van der Waals surface area contributed by atoms with Crippen molar-refractivity contribution >= 4 is 5.91 Å². The van der Waals surface area contributed by atoms with E-state index in [1.54, 1.807) is 24.5 Å². The van der Waals surface area contributed by atoms with E-state index in [0.29, 0.717) is 17.8 Å². The van der Waals surface area contributed by atoms with E-state index in [0.717, 1.165) is 5.56 Å². The third kappa shape index (κ3) is 4.27. The van der Waals surface area contributed by atoms with Crippen molar-refractivity contribution in [3.05, 3.63) is 77.9 Å². The Kier molecular flexibility index (Phi) is 5.15. The minimum atomic E-state index is -0.785. The predicted molar refractivity (Wildman–Crippen MR) is 91.3 cm³/mol. The van der Waals surface area contributed by atoms with E-state index in [4.69, 9.17) is 5.73 Å². The number of rotatable bonds is 7. The number of aromatic nitrogens is 4. The molecule has 0 bridgehead atoms. The van der Waals surface area contributed by atoms with E-state index >= 15 is 0 Å². The number of hydrogen-bond donors (Lipinski definition) is 2. The second kappa shape index (κ2) is 7.67. The molecule has 0 aliphatic rings. The molecule has 7 heteroatoms. The van der Waals surface area contributed by atoms with Gasteiger partial charge in [-0.15, -0.1) is 5.10 Å². The van der Waals surface area contributed by atoms with Crippen LogP contribution in [0.25, 0.3) is 0 Å². The smallest absolute Gasteiger partial charge is 0.242 e. The molecule has 2 unspecified atom stereocenters. The molecule has 2 heterocycles. The summed E-state index contributed by atoms with van der Waals surface area (Å²) in [6.45, 7) is 0. The average Bonchev–Trinajstić information content (AvgIpc) is 3.09. The topological polar surface area (TPSA) is 107 Å². The van der Waals surface area contributed by atoms with Gasteiger partial charge in [0.1, 0.15) is 12.1 Å². The van der Waals surface area contributed by atoms with Crippen LogP contribution in [0, 0.1) is 0 Å². The van der Waals surface area contributed by atoms with Gasteiger partial charge >= 0.3 is 0 Å². The van der Waals surface area contributed by atoms with Crippen LogP contribution in [0.15, 0.2) is 60.9 Å². The lowest BCUT2D eigenvalue weighted by atomic mass is 10.1. The molecule has 1 aromatic carbocycles. The molecular formula is C18H19N5O2. The van der Waals surface area contributed by atoms with Crippen molar-refractivity contribution in [2.45, 2.75) is 25.0 Å². The van der Waals surface area contributed by atoms with Crippen molar-refractivity contribution < 1.29 is 9.90 Å². The van der Waals surface area contributed by atoms with Gasteiger partial charge in [0.05, 0.1) is 11.4 Å². The molecule has 25 heavy (non-hydrogen) atoms. The van der Waals surface area contributed by atoms with Gasteiger partial charge in [0.15, 0.2) is 0 Å². The highest BCUT2D eigenvalue weighted by Gasteiger charge is 2.21. The number of carbonyl (C=O) groups excluding carboxylic acids is 1. The molecule has 0 saturated heterocycles. The van der Waals surface area contributed by atoms with E-state index in [2.05, 4.69) is 15.3 Å². The van der Waals surface area contributed by atoms with Crippen molar-refractivity contribution in [1.82, 2.24) is 20.0 Å². The fourth-order valence-corrected chi connectivity index (χ4v) is 2.60. The van der Waals surface area contributed by atoms with Crippen LogP contribution in [0.5, 0.6) is 0 Å². The summed E-state index contributed by atoms with van der Waals surface area (Å²) < 4.78 is 1.45. The largest absolute Gasteiger partial charge is 0.386 e. The van der Waals surface area contributed by atoms with Crippen molar-refractivity contribution in [3.8, 4) is 0 Å². The third-order valence-electron chi connectivity index (χ3n) is 3.91. The molecule has 128 valence electrons. The lowest BCUT2D eigenvalue weighted by molar-refractivity contribution is -0.121. The molecule has 0 fully saturated rings. The Hall–Kier alpha value is -3.06. The molecule has 0 saturated carbocycles. The SMILES string of the molecule is NC(=O)C(Cc1ccccc1)n1cc(CC(O)c2ccccn2)nn1. The maximum atomic E-state index is 11.8. The van der Waals surface area contributed by atoms with Crippen LogP contribution in [0.1, 0.15) is 29.1 Å². The lowest BCUT2D eigenvalue weighted by Gasteiger charge is -2.13. The lowest BCUT2D eigenvalue weighted by Crippen LogP contribution is -2.28. The quantitative estimate of drug-likeness (QED) is 0.674. The number of pyridine rings is 1. The Balaban J connectivity index is 1.73. The normalized spacial score (nSPS) is 13.3. The van der Waals surface area contributed by atoms with E-state index in [1.165, 1.54) is 4.68 Å². The molecule has 0 spiro atoms. The number of nitrogens with two attached hydrogens (primary N) is 1. The van der Waals surface area contributed by atoms with Crippen LogP contribution in [-0.2, 0) is 17.6 Å². The molecule has 3 N–H and O–H groups in total. The Morgan fingerprint density at radius 1 is 1.12 bits per heavy atom. The molecule has 0 aliphatic heterocycles. The van der Waals surface area contributed by atoms with Crippen LogP contribution >= 0.6 is 0 Å². The molecule has 3 rings (SSSR count). The van der Waals surface area contributed by atoms with Crippen LogP contribution in [0.4, 0.5) is 0 Å². The predicted octanol–water partition coefficient (Wildman–Crippen LogP) is 1.22. The third-order valence-corrected chi connectivity index (χ3v) is 3.91.